The van der Waals surface area contributed by atoms with Crippen molar-refractivity contribution in [2.75, 3.05) is 0 Å². The Morgan fingerprint density at radius 3 is 2.27 bits per heavy atom. The molecule has 0 bridgehead atoms. The standard InChI is InChI=1S/C19H21BrN2O3S/c1-2-18(13-3-7-15(20)8-4-13)21-19(23)14-5-11-17(12-6-14)26(24,25)22-16-9-10-16/h3-8,11-12,16,18,22H,2,9-10H2,1H3,(H,21,23). The first-order valence-electron chi connectivity index (χ1n) is 8.58. The van der Waals surface area contributed by atoms with E-state index in [0.717, 1.165) is 29.3 Å². The molecule has 0 saturated heterocycles. The number of halogens is 1. The highest BCUT2D eigenvalue weighted by Crippen LogP contribution is 2.23. The molecule has 1 saturated carbocycles. The topological polar surface area (TPSA) is 75.3 Å². The molecular weight excluding hydrogens is 416 g/mol. The predicted molar refractivity (Wildman–Crippen MR) is 104 cm³/mol. The Labute approximate surface area is 162 Å². The molecule has 7 heteroatoms. The molecule has 1 atom stereocenters. The van der Waals surface area contributed by atoms with E-state index in [2.05, 4.69) is 26.0 Å². The van der Waals surface area contributed by atoms with E-state index >= 15 is 0 Å². The fourth-order valence-electron chi connectivity index (χ4n) is 2.63. The minimum atomic E-state index is -3.50. The Morgan fingerprint density at radius 1 is 1.12 bits per heavy atom. The lowest BCUT2D eigenvalue weighted by Crippen LogP contribution is -2.28. The van der Waals surface area contributed by atoms with E-state index < -0.39 is 10.0 Å². The van der Waals surface area contributed by atoms with Crippen molar-refractivity contribution in [3.05, 3.63) is 64.1 Å². The predicted octanol–water partition coefficient (Wildman–Crippen LogP) is 3.77. The van der Waals surface area contributed by atoms with Gasteiger partial charge in [-0.15, -0.1) is 0 Å². The molecule has 2 aromatic rings. The van der Waals surface area contributed by atoms with Crippen LogP contribution in [0.15, 0.2) is 57.9 Å². The van der Waals surface area contributed by atoms with Crippen molar-refractivity contribution >= 4 is 31.9 Å². The van der Waals surface area contributed by atoms with Crippen LogP contribution in [0, 0.1) is 0 Å². The lowest BCUT2D eigenvalue weighted by Gasteiger charge is -2.18. The fraction of sp³-hybridized carbons (Fsp3) is 0.316. The van der Waals surface area contributed by atoms with Crippen LogP contribution in [0.3, 0.4) is 0 Å². The summed E-state index contributed by atoms with van der Waals surface area (Å²) in [6.45, 7) is 2.01. The first-order valence-corrected chi connectivity index (χ1v) is 10.9. The summed E-state index contributed by atoms with van der Waals surface area (Å²) in [7, 11) is -3.50. The summed E-state index contributed by atoms with van der Waals surface area (Å²) in [5, 5.41) is 3.00. The number of carbonyl (C=O) groups is 1. The Balaban J connectivity index is 1.69. The Morgan fingerprint density at radius 2 is 1.73 bits per heavy atom. The molecule has 1 amide bonds. The van der Waals surface area contributed by atoms with E-state index in [1.807, 2.05) is 31.2 Å². The third-order valence-electron chi connectivity index (χ3n) is 4.31. The number of hydrogen-bond acceptors (Lipinski definition) is 3. The van der Waals surface area contributed by atoms with E-state index in [1.54, 1.807) is 12.1 Å². The molecule has 1 aliphatic carbocycles. The molecule has 2 aromatic carbocycles. The maximum Gasteiger partial charge on any atom is 0.251 e. The van der Waals surface area contributed by atoms with Gasteiger partial charge in [-0.3, -0.25) is 4.79 Å². The number of sulfonamides is 1. The van der Waals surface area contributed by atoms with Crippen LogP contribution in [-0.4, -0.2) is 20.4 Å². The minimum Gasteiger partial charge on any atom is -0.345 e. The maximum absolute atomic E-state index is 12.5. The van der Waals surface area contributed by atoms with Crippen LogP contribution in [-0.2, 0) is 10.0 Å². The minimum absolute atomic E-state index is 0.0548. The number of rotatable bonds is 7. The first kappa shape index (κ1) is 19.1. The van der Waals surface area contributed by atoms with E-state index in [4.69, 9.17) is 0 Å². The third kappa shape index (κ3) is 4.72. The van der Waals surface area contributed by atoms with Gasteiger partial charge < -0.3 is 5.32 Å². The second-order valence-electron chi connectivity index (χ2n) is 6.41. The smallest absolute Gasteiger partial charge is 0.251 e. The summed E-state index contributed by atoms with van der Waals surface area (Å²) < 4.78 is 28.0. The van der Waals surface area contributed by atoms with E-state index in [0.29, 0.717) is 5.56 Å². The largest absolute Gasteiger partial charge is 0.345 e. The summed E-state index contributed by atoms with van der Waals surface area (Å²) >= 11 is 3.40. The SMILES string of the molecule is CCC(NC(=O)c1ccc(S(=O)(=O)NC2CC2)cc1)c1ccc(Br)cc1. The van der Waals surface area contributed by atoms with E-state index in [-0.39, 0.29) is 22.9 Å². The summed E-state index contributed by atoms with van der Waals surface area (Å²) in [5.41, 5.74) is 1.46. The molecule has 1 unspecified atom stereocenters. The van der Waals surface area contributed by atoms with Crippen LogP contribution in [0.25, 0.3) is 0 Å². The molecule has 0 aromatic heterocycles. The highest BCUT2D eigenvalue weighted by Gasteiger charge is 2.28. The summed E-state index contributed by atoms with van der Waals surface area (Å²) in [6.07, 6.45) is 2.52. The number of carbonyl (C=O) groups excluding carboxylic acids is 1. The molecule has 2 N–H and O–H groups in total. The highest BCUT2D eigenvalue weighted by atomic mass is 79.9. The zero-order chi connectivity index (χ0) is 18.7. The van der Waals surface area contributed by atoms with Crippen molar-refractivity contribution in [3.63, 3.8) is 0 Å². The number of amides is 1. The normalized spacial score (nSPS) is 15.5. The van der Waals surface area contributed by atoms with Crippen molar-refractivity contribution < 1.29 is 13.2 Å². The molecule has 1 fully saturated rings. The first-order chi connectivity index (χ1) is 12.4. The van der Waals surface area contributed by atoms with Gasteiger partial charge in [-0.25, -0.2) is 13.1 Å². The quantitative estimate of drug-likeness (QED) is 0.693. The Hall–Kier alpha value is -1.70. The number of hydrogen-bond donors (Lipinski definition) is 2. The zero-order valence-corrected chi connectivity index (χ0v) is 16.8. The van der Waals surface area contributed by atoms with Crippen LogP contribution in [0.1, 0.15) is 48.1 Å². The van der Waals surface area contributed by atoms with Crippen molar-refractivity contribution in [3.8, 4) is 0 Å². The van der Waals surface area contributed by atoms with Gasteiger partial charge in [-0.05, 0) is 61.2 Å². The van der Waals surface area contributed by atoms with Crippen molar-refractivity contribution in [1.82, 2.24) is 10.0 Å². The molecule has 138 valence electrons. The van der Waals surface area contributed by atoms with Crippen molar-refractivity contribution in [2.24, 2.45) is 0 Å². The van der Waals surface area contributed by atoms with Crippen LogP contribution < -0.4 is 10.0 Å². The van der Waals surface area contributed by atoms with Gasteiger partial charge in [-0.2, -0.15) is 0 Å². The van der Waals surface area contributed by atoms with Gasteiger partial charge in [0.05, 0.1) is 10.9 Å². The van der Waals surface area contributed by atoms with E-state index in [9.17, 15) is 13.2 Å². The van der Waals surface area contributed by atoms with Gasteiger partial charge in [0.25, 0.3) is 5.91 Å². The van der Waals surface area contributed by atoms with Gasteiger partial charge in [0, 0.05) is 16.1 Å². The van der Waals surface area contributed by atoms with Crippen LogP contribution in [0.5, 0.6) is 0 Å². The van der Waals surface area contributed by atoms with Crippen molar-refractivity contribution in [1.29, 1.82) is 0 Å². The number of nitrogens with one attached hydrogen (secondary N) is 2. The molecule has 0 radical (unpaired) electrons. The maximum atomic E-state index is 12.5. The third-order valence-corrected chi connectivity index (χ3v) is 6.38. The molecule has 5 nitrogen and oxygen atoms in total. The number of benzene rings is 2. The van der Waals surface area contributed by atoms with Gasteiger partial charge in [0.15, 0.2) is 0 Å². The summed E-state index contributed by atoms with van der Waals surface area (Å²) in [4.78, 5) is 12.7. The second-order valence-corrected chi connectivity index (χ2v) is 9.04. The molecular formula is C19H21BrN2O3S. The Bertz CT molecular complexity index is 876. The second kappa shape index (κ2) is 7.90. The van der Waals surface area contributed by atoms with Gasteiger partial charge in [0.2, 0.25) is 10.0 Å². The van der Waals surface area contributed by atoms with Gasteiger partial charge >= 0.3 is 0 Å². The highest BCUT2D eigenvalue weighted by molar-refractivity contribution is 9.10. The van der Waals surface area contributed by atoms with Crippen molar-refractivity contribution in [2.45, 2.75) is 43.2 Å². The average Bonchev–Trinajstić information content (AvgIpc) is 3.44. The molecule has 3 rings (SSSR count). The van der Waals surface area contributed by atoms with Crippen LogP contribution in [0.2, 0.25) is 0 Å². The van der Waals surface area contributed by atoms with E-state index in [1.165, 1.54) is 12.1 Å². The fourth-order valence-corrected chi connectivity index (χ4v) is 4.20. The van der Waals surface area contributed by atoms with Gasteiger partial charge in [-0.1, -0.05) is 35.0 Å². The molecule has 0 heterocycles. The zero-order valence-electron chi connectivity index (χ0n) is 14.4. The monoisotopic (exact) mass is 436 g/mol. The van der Waals surface area contributed by atoms with Crippen LogP contribution in [0.4, 0.5) is 0 Å². The lowest BCUT2D eigenvalue weighted by molar-refractivity contribution is 0.0935. The average molecular weight is 437 g/mol. The molecule has 26 heavy (non-hydrogen) atoms. The Kier molecular flexibility index (Phi) is 5.79. The molecule has 0 aliphatic heterocycles. The van der Waals surface area contributed by atoms with Gasteiger partial charge in [0.1, 0.15) is 0 Å². The summed E-state index contributed by atoms with van der Waals surface area (Å²) in [5.74, 6) is -0.223. The lowest BCUT2D eigenvalue weighted by atomic mass is 10.0. The molecule has 0 spiro atoms. The van der Waals surface area contributed by atoms with Crippen LogP contribution >= 0.6 is 15.9 Å². The summed E-state index contributed by atoms with van der Waals surface area (Å²) in [6, 6.07) is 13.8. The molecule has 1 aliphatic rings.